The van der Waals surface area contributed by atoms with Gasteiger partial charge in [-0.05, 0) is 77.4 Å². The highest BCUT2D eigenvalue weighted by Gasteiger charge is 2.28. The highest BCUT2D eigenvalue weighted by Crippen LogP contribution is 2.43. The first kappa shape index (κ1) is 20.7. The van der Waals surface area contributed by atoms with Gasteiger partial charge >= 0.3 is 0 Å². The summed E-state index contributed by atoms with van der Waals surface area (Å²) in [6.07, 6.45) is 5.68. The molecular formula is C26H27BrN2O. The van der Waals surface area contributed by atoms with E-state index in [0.29, 0.717) is 5.75 Å². The molecule has 0 aliphatic carbocycles. The van der Waals surface area contributed by atoms with Crippen LogP contribution in [-0.4, -0.2) is 14.9 Å². The van der Waals surface area contributed by atoms with E-state index < -0.39 is 0 Å². The predicted octanol–water partition coefficient (Wildman–Crippen LogP) is 6.88. The number of hydrogen-bond acceptors (Lipinski definition) is 2. The molecule has 1 aromatic heterocycles. The third-order valence-corrected chi connectivity index (χ3v) is 7.19. The van der Waals surface area contributed by atoms with Crippen LogP contribution in [0.15, 0.2) is 59.3 Å². The van der Waals surface area contributed by atoms with Crippen molar-refractivity contribution in [1.82, 2.24) is 9.78 Å². The summed E-state index contributed by atoms with van der Waals surface area (Å²) in [6.45, 7) is 8.79. The number of fused-ring (bicyclic) bond motifs is 1. The molecular weight excluding hydrogens is 436 g/mol. The molecule has 1 heterocycles. The van der Waals surface area contributed by atoms with Gasteiger partial charge in [-0.15, -0.1) is 0 Å². The second kappa shape index (κ2) is 8.27. The van der Waals surface area contributed by atoms with Crippen molar-refractivity contribution in [1.29, 1.82) is 0 Å². The van der Waals surface area contributed by atoms with E-state index in [1.807, 2.05) is 35.1 Å². The van der Waals surface area contributed by atoms with Gasteiger partial charge in [0, 0.05) is 22.4 Å². The van der Waals surface area contributed by atoms with Crippen molar-refractivity contribution in [2.75, 3.05) is 0 Å². The third-order valence-electron chi connectivity index (χ3n) is 6.23. The zero-order valence-corrected chi connectivity index (χ0v) is 19.5. The molecule has 3 aromatic carbocycles. The average molecular weight is 463 g/mol. The third kappa shape index (κ3) is 3.24. The minimum absolute atomic E-state index is 0.213. The Morgan fingerprint density at radius 1 is 0.933 bits per heavy atom. The minimum atomic E-state index is -0.213. The Morgan fingerprint density at radius 3 is 2.20 bits per heavy atom. The van der Waals surface area contributed by atoms with Crippen molar-refractivity contribution in [2.45, 2.75) is 46.6 Å². The van der Waals surface area contributed by atoms with Gasteiger partial charge in [-0.3, -0.25) is 4.68 Å². The van der Waals surface area contributed by atoms with E-state index in [4.69, 9.17) is 0 Å². The smallest absolute Gasteiger partial charge is 0.121 e. The number of aromatic hydroxyl groups is 1. The summed E-state index contributed by atoms with van der Waals surface area (Å²) in [7, 11) is 0. The summed E-state index contributed by atoms with van der Waals surface area (Å²) in [5.74, 6) is 0.298. The van der Waals surface area contributed by atoms with Crippen molar-refractivity contribution in [2.24, 2.45) is 0 Å². The van der Waals surface area contributed by atoms with Gasteiger partial charge in [0.1, 0.15) is 11.8 Å². The predicted molar refractivity (Wildman–Crippen MR) is 127 cm³/mol. The number of rotatable bonds is 5. The van der Waals surface area contributed by atoms with E-state index >= 15 is 0 Å². The Bertz CT molecular complexity index is 1180. The first-order chi connectivity index (χ1) is 14.5. The molecule has 0 spiro atoms. The zero-order chi connectivity index (χ0) is 21.4. The number of hydrogen-bond donors (Lipinski definition) is 1. The molecule has 3 nitrogen and oxygen atoms in total. The van der Waals surface area contributed by atoms with Crippen LogP contribution in [0.2, 0.25) is 0 Å². The normalized spacial score (nSPS) is 12.4. The monoisotopic (exact) mass is 462 g/mol. The first-order valence-electron chi connectivity index (χ1n) is 10.5. The van der Waals surface area contributed by atoms with E-state index in [1.165, 1.54) is 32.3 Å². The molecule has 0 radical (unpaired) electrons. The van der Waals surface area contributed by atoms with Gasteiger partial charge in [0.2, 0.25) is 0 Å². The van der Waals surface area contributed by atoms with Crippen molar-refractivity contribution >= 4 is 26.7 Å². The van der Waals surface area contributed by atoms with Crippen molar-refractivity contribution in [3.05, 3.63) is 92.7 Å². The Balaban J connectivity index is 2.14. The van der Waals surface area contributed by atoms with Crippen LogP contribution in [0.1, 0.15) is 53.3 Å². The van der Waals surface area contributed by atoms with E-state index in [0.717, 1.165) is 29.2 Å². The molecule has 30 heavy (non-hydrogen) atoms. The molecule has 0 bridgehead atoms. The first-order valence-corrected chi connectivity index (χ1v) is 11.3. The van der Waals surface area contributed by atoms with Gasteiger partial charge in [-0.1, -0.05) is 60.1 Å². The Hall–Kier alpha value is -2.59. The van der Waals surface area contributed by atoms with Gasteiger partial charge in [0.05, 0.1) is 0 Å². The van der Waals surface area contributed by atoms with Gasteiger partial charge in [-0.2, -0.15) is 5.10 Å². The van der Waals surface area contributed by atoms with Crippen LogP contribution in [0.3, 0.4) is 0 Å². The van der Waals surface area contributed by atoms with Crippen molar-refractivity contribution in [3.63, 3.8) is 0 Å². The quantitative estimate of drug-likeness (QED) is 0.350. The molecule has 0 aliphatic rings. The van der Waals surface area contributed by atoms with Crippen molar-refractivity contribution in [3.8, 4) is 5.75 Å². The highest BCUT2D eigenvalue weighted by atomic mass is 79.9. The summed E-state index contributed by atoms with van der Waals surface area (Å²) in [4.78, 5) is 0. The Morgan fingerprint density at radius 2 is 1.60 bits per heavy atom. The van der Waals surface area contributed by atoms with E-state index in [9.17, 15) is 5.11 Å². The second-order valence-electron chi connectivity index (χ2n) is 7.75. The molecule has 154 valence electrons. The summed E-state index contributed by atoms with van der Waals surface area (Å²) in [5.41, 5.74) is 7.28. The van der Waals surface area contributed by atoms with Crippen molar-refractivity contribution < 1.29 is 5.11 Å². The fourth-order valence-corrected chi connectivity index (χ4v) is 5.94. The van der Waals surface area contributed by atoms with E-state index in [2.05, 4.69) is 60.9 Å². The zero-order valence-electron chi connectivity index (χ0n) is 17.9. The molecule has 0 aliphatic heterocycles. The molecule has 0 saturated carbocycles. The number of phenolic OH excluding ortho intramolecular Hbond substituents is 1. The Kier molecular flexibility index (Phi) is 5.70. The number of halogens is 1. The van der Waals surface area contributed by atoms with E-state index in [1.54, 1.807) is 12.3 Å². The molecule has 0 fully saturated rings. The summed E-state index contributed by atoms with van der Waals surface area (Å²) in [5, 5.41) is 17.9. The summed E-state index contributed by atoms with van der Waals surface area (Å²) in [6, 6.07) is 13.8. The SMILES string of the molecule is CCc1c(C)c(C(c2c(O)ccc3ccccc23)n2cccn2)c(C)c(CC)c1Br. The van der Waals surface area contributed by atoms with Gasteiger partial charge in [-0.25, -0.2) is 0 Å². The largest absolute Gasteiger partial charge is 0.508 e. The van der Waals surface area contributed by atoms with Crippen LogP contribution < -0.4 is 0 Å². The summed E-state index contributed by atoms with van der Waals surface area (Å²) < 4.78 is 3.19. The maximum atomic E-state index is 11.1. The van der Waals surface area contributed by atoms with Crippen LogP contribution in [-0.2, 0) is 12.8 Å². The topological polar surface area (TPSA) is 38.0 Å². The van der Waals surface area contributed by atoms with Crippen LogP contribution in [0.4, 0.5) is 0 Å². The standard InChI is InChI=1S/C26H27BrN2O/c1-5-19-16(3)23(17(4)20(6-2)25(19)27)26(29-15-9-14-28-29)24-21-11-8-7-10-18(21)12-13-22(24)30/h7-15,26,30H,5-6H2,1-4H3. The lowest BCUT2D eigenvalue weighted by atomic mass is 9.83. The van der Waals surface area contributed by atoms with Crippen LogP contribution in [0.25, 0.3) is 10.8 Å². The molecule has 4 heteroatoms. The lowest BCUT2D eigenvalue weighted by Crippen LogP contribution is -2.18. The van der Waals surface area contributed by atoms with Gasteiger partial charge in [0.25, 0.3) is 0 Å². The minimum Gasteiger partial charge on any atom is -0.508 e. The van der Waals surface area contributed by atoms with Gasteiger partial charge in [0.15, 0.2) is 0 Å². The number of aromatic nitrogens is 2. The molecule has 0 saturated heterocycles. The molecule has 0 amide bonds. The highest BCUT2D eigenvalue weighted by molar-refractivity contribution is 9.10. The van der Waals surface area contributed by atoms with Gasteiger partial charge < -0.3 is 5.11 Å². The maximum Gasteiger partial charge on any atom is 0.121 e. The lowest BCUT2D eigenvalue weighted by Gasteiger charge is -2.28. The van der Waals surface area contributed by atoms with Crippen LogP contribution in [0, 0.1) is 13.8 Å². The molecule has 1 N–H and O–H groups in total. The fraction of sp³-hybridized carbons (Fsp3) is 0.269. The second-order valence-corrected chi connectivity index (χ2v) is 8.54. The molecule has 1 atom stereocenters. The number of phenols is 1. The molecule has 1 unspecified atom stereocenters. The van der Waals surface area contributed by atoms with Crippen LogP contribution in [0.5, 0.6) is 5.75 Å². The number of benzene rings is 3. The maximum absolute atomic E-state index is 11.1. The number of nitrogens with zero attached hydrogens (tertiary/aromatic N) is 2. The van der Waals surface area contributed by atoms with Crippen LogP contribution >= 0.6 is 15.9 Å². The average Bonchev–Trinajstić information content (AvgIpc) is 3.27. The Labute approximate surface area is 186 Å². The molecule has 4 aromatic rings. The lowest BCUT2D eigenvalue weighted by molar-refractivity contribution is 0.457. The van der Waals surface area contributed by atoms with E-state index in [-0.39, 0.29) is 6.04 Å². The fourth-order valence-electron chi connectivity index (χ4n) is 4.78. The summed E-state index contributed by atoms with van der Waals surface area (Å²) >= 11 is 3.87. The molecule has 4 rings (SSSR count).